The van der Waals surface area contributed by atoms with Gasteiger partial charge in [-0.1, -0.05) is 0 Å². The molecule has 0 saturated heterocycles. The Hall–Kier alpha value is -0.400. The Morgan fingerprint density at radius 3 is 1.83 bits per heavy atom. The van der Waals surface area contributed by atoms with Gasteiger partial charge in [-0.3, -0.25) is 0 Å². The number of hydrogen-bond donors (Lipinski definition) is 0. The third-order valence-electron chi connectivity index (χ3n) is 3.34. The first kappa shape index (κ1) is 17.4. The molecule has 2 aromatic heterocycles. The molecule has 1 aliphatic heterocycles. The monoisotopic (exact) mass is 396 g/mol. The van der Waals surface area contributed by atoms with Crippen LogP contribution in [0.3, 0.4) is 0 Å². The highest BCUT2D eigenvalue weighted by Crippen LogP contribution is 2.44. The average molecular weight is 397 g/mol. The number of nitrogens with zero attached hydrogens (tertiary/aromatic N) is 1. The minimum absolute atomic E-state index is 1.29. The first-order valence-electron chi connectivity index (χ1n) is 7.05. The minimum Gasteiger partial charge on any atom is -0.229 e. The second kappa shape index (κ2) is 7.66. The Morgan fingerprint density at radius 2 is 1.43 bits per heavy atom. The summed E-state index contributed by atoms with van der Waals surface area (Å²) in [6.07, 6.45) is 8.75. The van der Waals surface area contributed by atoms with Crippen molar-refractivity contribution in [1.29, 1.82) is 0 Å². The lowest BCUT2D eigenvalue weighted by Crippen LogP contribution is -2.04. The molecule has 23 heavy (non-hydrogen) atoms. The van der Waals surface area contributed by atoms with E-state index in [1.807, 2.05) is 58.0 Å². The smallest absolute Gasteiger partial charge is 0.229 e. The van der Waals surface area contributed by atoms with Crippen molar-refractivity contribution in [3.05, 3.63) is 51.1 Å². The third kappa shape index (κ3) is 3.82. The van der Waals surface area contributed by atoms with E-state index in [-0.39, 0.29) is 0 Å². The van der Waals surface area contributed by atoms with Crippen LogP contribution < -0.4 is 0 Å². The lowest BCUT2D eigenvalue weighted by atomic mass is 10.1. The van der Waals surface area contributed by atoms with Crippen molar-refractivity contribution >= 4 is 68.6 Å². The van der Waals surface area contributed by atoms with Crippen molar-refractivity contribution in [2.45, 2.75) is 8.42 Å². The van der Waals surface area contributed by atoms with E-state index in [1.165, 1.54) is 33.7 Å². The average Bonchev–Trinajstić information content (AvgIpc) is 3.28. The number of thiophene rings is 2. The lowest BCUT2D eigenvalue weighted by molar-refractivity contribution is -0.460. The summed E-state index contributed by atoms with van der Waals surface area (Å²) < 4.78 is 4.90. The molecule has 6 heteroatoms. The van der Waals surface area contributed by atoms with Crippen LogP contribution in [-0.4, -0.2) is 36.2 Å². The maximum atomic E-state index is 2.26. The van der Waals surface area contributed by atoms with E-state index in [4.69, 9.17) is 0 Å². The Balaban J connectivity index is 2.11. The summed E-state index contributed by atoms with van der Waals surface area (Å²) in [4.78, 5) is 4.06. The minimum atomic E-state index is 1.29. The highest BCUT2D eigenvalue weighted by Gasteiger charge is 2.22. The Labute approximate surface area is 158 Å². The normalized spacial score (nSPS) is 13.9. The first-order chi connectivity index (χ1) is 11.1. The van der Waals surface area contributed by atoms with Crippen LogP contribution in [0.15, 0.2) is 49.7 Å². The first-order valence-corrected chi connectivity index (χ1v) is 11.9. The van der Waals surface area contributed by atoms with Crippen LogP contribution in [0.4, 0.5) is 0 Å². The topological polar surface area (TPSA) is 3.01 Å². The zero-order valence-corrected chi connectivity index (χ0v) is 17.5. The van der Waals surface area contributed by atoms with Crippen LogP contribution >= 0.6 is 58.0 Å². The van der Waals surface area contributed by atoms with Crippen molar-refractivity contribution < 1.29 is 4.58 Å². The summed E-state index contributed by atoms with van der Waals surface area (Å²) >= 11 is 9.26. The van der Waals surface area contributed by atoms with E-state index < -0.39 is 0 Å². The summed E-state index contributed by atoms with van der Waals surface area (Å²) in [5.41, 5.74) is 1.37. The van der Waals surface area contributed by atoms with Crippen molar-refractivity contribution in [1.82, 2.24) is 0 Å². The molecule has 0 saturated carbocycles. The predicted octanol–water partition coefficient (Wildman–Crippen LogP) is 5.99. The van der Waals surface area contributed by atoms with Gasteiger partial charge in [0.05, 0.1) is 8.42 Å². The van der Waals surface area contributed by atoms with Gasteiger partial charge in [0.15, 0.2) is 0 Å². The predicted molar refractivity (Wildman–Crippen MR) is 112 cm³/mol. The van der Waals surface area contributed by atoms with Crippen LogP contribution in [0.5, 0.6) is 0 Å². The number of hydrogen-bond acceptors (Lipinski definition) is 5. The molecule has 0 atom stereocenters. The third-order valence-corrected chi connectivity index (χ3v) is 8.98. The SMILES string of the molecule is CSc1ccc(C(=C2C=CC(=[N+](C)C)S2)c2ccc(SC)s2)s1. The summed E-state index contributed by atoms with van der Waals surface area (Å²) in [7, 11) is 4.20. The number of thioether (sulfide) groups is 3. The molecule has 0 radical (unpaired) electrons. The van der Waals surface area contributed by atoms with Gasteiger partial charge in [0.1, 0.15) is 14.1 Å². The van der Waals surface area contributed by atoms with Crippen molar-refractivity contribution in [3.8, 4) is 0 Å². The summed E-state index contributed by atoms with van der Waals surface area (Å²) in [5, 5.41) is 1.29. The van der Waals surface area contributed by atoms with Crippen molar-refractivity contribution in [2.24, 2.45) is 0 Å². The second-order valence-electron chi connectivity index (χ2n) is 5.05. The summed E-state index contributed by atoms with van der Waals surface area (Å²) in [5.74, 6) is 0. The molecule has 0 aliphatic carbocycles. The molecular formula is C17H18NS5+. The molecule has 0 N–H and O–H groups in total. The van der Waals surface area contributed by atoms with Crippen LogP contribution in [0, 0.1) is 0 Å². The Kier molecular flexibility index (Phi) is 5.80. The maximum absolute atomic E-state index is 2.26. The van der Waals surface area contributed by atoms with Crippen molar-refractivity contribution in [3.63, 3.8) is 0 Å². The Bertz CT molecular complexity index is 758. The largest absolute Gasteiger partial charge is 0.239 e. The van der Waals surface area contributed by atoms with Crippen LogP contribution in [0.2, 0.25) is 0 Å². The van der Waals surface area contributed by atoms with Gasteiger partial charge in [-0.15, -0.1) is 46.2 Å². The number of allylic oxidation sites excluding steroid dienone is 1. The lowest BCUT2D eigenvalue weighted by Gasteiger charge is -2.06. The highest BCUT2D eigenvalue weighted by molar-refractivity contribution is 8.18. The van der Waals surface area contributed by atoms with E-state index in [2.05, 4.69) is 67.6 Å². The summed E-state index contributed by atoms with van der Waals surface area (Å²) in [6, 6.07) is 8.99. The molecule has 0 bridgehead atoms. The molecule has 0 spiro atoms. The fourth-order valence-corrected chi connectivity index (χ4v) is 6.63. The highest BCUT2D eigenvalue weighted by atomic mass is 32.2. The molecule has 2 aromatic rings. The molecule has 120 valence electrons. The second-order valence-corrected chi connectivity index (χ2v) is 10.5. The van der Waals surface area contributed by atoms with Crippen LogP contribution in [-0.2, 0) is 0 Å². The van der Waals surface area contributed by atoms with Gasteiger partial charge in [-0.2, -0.15) is 0 Å². The fourth-order valence-electron chi connectivity index (χ4n) is 2.20. The Morgan fingerprint density at radius 1 is 0.870 bits per heavy atom. The van der Waals surface area contributed by atoms with E-state index in [0.717, 1.165) is 0 Å². The van der Waals surface area contributed by atoms with Gasteiger partial charge in [-0.05, 0) is 54.6 Å². The van der Waals surface area contributed by atoms with E-state index >= 15 is 0 Å². The van der Waals surface area contributed by atoms with E-state index in [9.17, 15) is 0 Å². The molecule has 1 aliphatic rings. The van der Waals surface area contributed by atoms with Crippen LogP contribution in [0.25, 0.3) is 5.57 Å². The molecule has 0 unspecified atom stereocenters. The molecule has 0 fully saturated rings. The van der Waals surface area contributed by atoms with Gasteiger partial charge in [0.25, 0.3) is 0 Å². The molecule has 3 heterocycles. The molecule has 0 amide bonds. The quantitative estimate of drug-likeness (QED) is 0.462. The zero-order valence-electron chi connectivity index (χ0n) is 13.5. The van der Waals surface area contributed by atoms with E-state index in [0.29, 0.717) is 0 Å². The maximum Gasteiger partial charge on any atom is 0.239 e. The van der Waals surface area contributed by atoms with Gasteiger partial charge in [0, 0.05) is 26.3 Å². The van der Waals surface area contributed by atoms with Crippen LogP contribution in [0.1, 0.15) is 9.75 Å². The molecule has 3 rings (SSSR count). The van der Waals surface area contributed by atoms with Gasteiger partial charge >= 0.3 is 0 Å². The van der Waals surface area contributed by atoms with Gasteiger partial charge in [0.2, 0.25) is 5.04 Å². The summed E-state index contributed by atoms with van der Waals surface area (Å²) in [6.45, 7) is 0. The van der Waals surface area contributed by atoms with Crippen molar-refractivity contribution in [2.75, 3.05) is 26.6 Å². The molecule has 0 aromatic carbocycles. The van der Waals surface area contributed by atoms with Gasteiger partial charge in [-0.25, -0.2) is 4.58 Å². The fraction of sp³-hybridized carbons (Fsp3) is 0.235. The van der Waals surface area contributed by atoms with Gasteiger partial charge < -0.3 is 0 Å². The van der Waals surface area contributed by atoms with E-state index in [1.54, 1.807) is 0 Å². The molecule has 1 nitrogen and oxygen atoms in total. The number of rotatable bonds is 4. The standard InChI is InChI=1S/C17H18NS5/c1-18(2)14-8-5-11(21-14)17(12-6-9-15(19-3)22-12)13-7-10-16(20-4)23-13/h5-10H,1-4H3/q+1. The molecular weight excluding hydrogens is 379 g/mol. The zero-order chi connectivity index (χ0) is 16.4.